The molecule has 1 unspecified atom stereocenters. The SMILES string of the molecule is CC(O)C(C)(C)Nc1nc[nH]c(=O)c1I. The van der Waals surface area contributed by atoms with Crippen molar-refractivity contribution in [3.63, 3.8) is 0 Å². The third kappa shape index (κ3) is 2.91. The van der Waals surface area contributed by atoms with Crippen molar-refractivity contribution in [1.29, 1.82) is 0 Å². The number of aromatic nitrogens is 2. The number of nitrogens with one attached hydrogen (secondary N) is 2. The molecule has 3 N–H and O–H groups in total. The summed E-state index contributed by atoms with van der Waals surface area (Å²) in [7, 11) is 0. The van der Waals surface area contributed by atoms with E-state index in [1.807, 2.05) is 36.4 Å². The van der Waals surface area contributed by atoms with E-state index in [4.69, 9.17) is 0 Å². The molecule has 0 aromatic carbocycles. The molecule has 0 radical (unpaired) electrons. The number of aliphatic hydroxyl groups is 1. The summed E-state index contributed by atoms with van der Waals surface area (Å²) in [5.74, 6) is 0.491. The van der Waals surface area contributed by atoms with Crippen molar-refractivity contribution in [3.8, 4) is 0 Å². The number of H-pyrrole nitrogens is 1. The van der Waals surface area contributed by atoms with Crippen molar-refractivity contribution >= 4 is 28.4 Å². The zero-order chi connectivity index (χ0) is 11.6. The van der Waals surface area contributed by atoms with E-state index in [-0.39, 0.29) is 5.56 Å². The van der Waals surface area contributed by atoms with Crippen molar-refractivity contribution in [2.24, 2.45) is 0 Å². The number of aliphatic hydroxyl groups excluding tert-OH is 1. The van der Waals surface area contributed by atoms with E-state index in [1.54, 1.807) is 6.92 Å². The van der Waals surface area contributed by atoms with Gasteiger partial charge in [0.05, 0.1) is 18.0 Å². The summed E-state index contributed by atoms with van der Waals surface area (Å²) >= 11 is 1.92. The number of rotatable bonds is 3. The van der Waals surface area contributed by atoms with Gasteiger partial charge in [-0.2, -0.15) is 0 Å². The predicted molar refractivity (Wildman–Crippen MR) is 67.0 cm³/mol. The van der Waals surface area contributed by atoms with E-state index in [1.165, 1.54) is 6.33 Å². The summed E-state index contributed by atoms with van der Waals surface area (Å²) in [4.78, 5) is 17.8. The second-order valence-corrected chi connectivity index (χ2v) is 5.00. The minimum Gasteiger partial charge on any atom is -0.391 e. The molecule has 0 aliphatic rings. The van der Waals surface area contributed by atoms with Gasteiger partial charge in [0, 0.05) is 0 Å². The van der Waals surface area contributed by atoms with E-state index in [2.05, 4.69) is 15.3 Å². The molecule has 6 heteroatoms. The normalized spacial score (nSPS) is 13.7. The van der Waals surface area contributed by atoms with Crippen LogP contribution in [0.15, 0.2) is 11.1 Å². The molecule has 15 heavy (non-hydrogen) atoms. The molecule has 0 aliphatic heterocycles. The number of aromatic amines is 1. The Bertz CT molecular complexity index is 401. The van der Waals surface area contributed by atoms with Gasteiger partial charge >= 0.3 is 0 Å². The Morgan fingerprint density at radius 1 is 1.67 bits per heavy atom. The first-order valence-electron chi connectivity index (χ1n) is 4.54. The van der Waals surface area contributed by atoms with Gasteiger partial charge in [0.25, 0.3) is 5.56 Å². The maximum absolute atomic E-state index is 11.3. The number of hydrogen-bond acceptors (Lipinski definition) is 4. The minimum absolute atomic E-state index is 0.186. The van der Waals surface area contributed by atoms with Crippen molar-refractivity contribution < 1.29 is 5.11 Å². The zero-order valence-corrected chi connectivity index (χ0v) is 11.0. The lowest BCUT2D eigenvalue weighted by atomic mass is 9.99. The average Bonchev–Trinajstić information content (AvgIpc) is 2.12. The molecule has 0 bridgehead atoms. The fourth-order valence-electron chi connectivity index (χ4n) is 0.880. The van der Waals surface area contributed by atoms with Crippen LogP contribution in [0.3, 0.4) is 0 Å². The molecule has 0 saturated carbocycles. The van der Waals surface area contributed by atoms with Crippen LogP contribution in [0.5, 0.6) is 0 Å². The molecule has 0 saturated heterocycles. The molecule has 1 atom stereocenters. The standard InChI is InChI=1S/C9H14IN3O2/c1-5(14)9(2,3)13-7-6(10)8(15)12-4-11-7/h4-5,14H,1-3H3,(H2,11,12,13,15). The van der Waals surface area contributed by atoms with Crippen LogP contribution in [0.1, 0.15) is 20.8 Å². The van der Waals surface area contributed by atoms with Crippen molar-refractivity contribution in [2.45, 2.75) is 32.4 Å². The Labute approximate surface area is 101 Å². The van der Waals surface area contributed by atoms with Crippen LogP contribution in [-0.4, -0.2) is 26.7 Å². The Balaban J connectivity index is 3.00. The first-order valence-corrected chi connectivity index (χ1v) is 5.62. The molecule has 1 aromatic heterocycles. The topological polar surface area (TPSA) is 78.0 Å². The molecule has 5 nitrogen and oxygen atoms in total. The highest BCUT2D eigenvalue weighted by atomic mass is 127. The van der Waals surface area contributed by atoms with E-state index in [0.29, 0.717) is 9.39 Å². The van der Waals surface area contributed by atoms with Gasteiger partial charge in [-0.1, -0.05) is 0 Å². The number of anilines is 1. The summed E-state index contributed by atoms with van der Waals surface area (Å²) in [5, 5.41) is 12.6. The second-order valence-electron chi connectivity index (χ2n) is 3.92. The maximum Gasteiger partial charge on any atom is 0.266 e. The third-order valence-corrected chi connectivity index (χ3v) is 3.28. The largest absolute Gasteiger partial charge is 0.391 e. The molecule has 0 aliphatic carbocycles. The smallest absolute Gasteiger partial charge is 0.266 e. The van der Waals surface area contributed by atoms with Crippen LogP contribution in [0.25, 0.3) is 0 Å². The van der Waals surface area contributed by atoms with Crippen molar-refractivity contribution in [1.82, 2.24) is 9.97 Å². The summed E-state index contributed by atoms with van der Waals surface area (Å²) in [6.07, 6.45) is 0.791. The summed E-state index contributed by atoms with van der Waals surface area (Å²) in [5.41, 5.74) is -0.713. The quantitative estimate of drug-likeness (QED) is 0.724. The van der Waals surface area contributed by atoms with E-state index < -0.39 is 11.6 Å². The first-order chi connectivity index (χ1) is 6.84. The fraction of sp³-hybridized carbons (Fsp3) is 0.556. The number of nitrogens with zero attached hydrogens (tertiary/aromatic N) is 1. The van der Waals surface area contributed by atoms with Crippen molar-refractivity contribution in [3.05, 3.63) is 20.3 Å². The Kier molecular flexibility index (Phi) is 3.72. The summed E-state index contributed by atoms with van der Waals surface area (Å²) < 4.78 is 0.490. The molecule has 1 aromatic rings. The highest BCUT2D eigenvalue weighted by Crippen LogP contribution is 2.18. The number of halogens is 1. The zero-order valence-electron chi connectivity index (χ0n) is 8.84. The van der Waals surface area contributed by atoms with Gasteiger partial charge in [-0.25, -0.2) is 4.98 Å². The van der Waals surface area contributed by atoms with E-state index in [0.717, 1.165) is 0 Å². The average molecular weight is 323 g/mol. The van der Waals surface area contributed by atoms with Gasteiger partial charge in [0.1, 0.15) is 9.39 Å². The van der Waals surface area contributed by atoms with Crippen LogP contribution in [0, 0.1) is 3.57 Å². The lowest BCUT2D eigenvalue weighted by Crippen LogP contribution is -2.42. The Morgan fingerprint density at radius 2 is 2.27 bits per heavy atom. The summed E-state index contributed by atoms with van der Waals surface area (Å²) in [6.45, 7) is 5.38. The van der Waals surface area contributed by atoms with Crippen LogP contribution >= 0.6 is 22.6 Å². The van der Waals surface area contributed by atoms with E-state index in [9.17, 15) is 9.90 Å². The molecule has 0 spiro atoms. The highest BCUT2D eigenvalue weighted by Gasteiger charge is 2.25. The molecular weight excluding hydrogens is 309 g/mol. The van der Waals surface area contributed by atoms with Gasteiger partial charge in [-0.05, 0) is 43.4 Å². The molecular formula is C9H14IN3O2. The van der Waals surface area contributed by atoms with Gasteiger partial charge in [-0.3, -0.25) is 4.79 Å². The minimum atomic E-state index is -0.547. The lowest BCUT2D eigenvalue weighted by molar-refractivity contribution is 0.133. The van der Waals surface area contributed by atoms with Crippen LogP contribution < -0.4 is 10.9 Å². The Morgan fingerprint density at radius 3 is 2.80 bits per heavy atom. The molecule has 1 rings (SSSR count). The second kappa shape index (κ2) is 4.48. The molecule has 0 fully saturated rings. The molecule has 0 amide bonds. The van der Waals surface area contributed by atoms with Gasteiger partial charge in [-0.15, -0.1) is 0 Å². The Hall–Kier alpha value is -0.630. The number of hydrogen-bond donors (Lipinski definition) is 3. The molecule has 84 valence electrons. The monoisotopic (exact) mass is 323 g/mol. The lowest BCUT2D eigenvalue weighted by Gasteiger charge is -2.30. The predicted octanol–water partition coefficient (Wildman–Crippen LogP) is 0.946. The van der Waals surface area contributed by atoms with Gasteiger partial charge in [0.15, 0.2) is 0 Å². The van der Waals surface area contributed by atoms with Crippen LogP contribution in [0.2, 0.25) is 0 Å². The van der Waals surface area contributed by atoms with Crippen molar-refractivity contribution in [2.75, 3.05) is 5.32 Å². The third-order valence-electron chi connectivity index (χ3n) is 2.28. The van der Waals surface area contributed by atoms with Gasteiger partial charge in [0.2, 0.25) is 0 Å². The van der Waals surface area contributed by atoms with Crippen LogP contribution in [0.4, 0.5) is 5.82 Å². The summed E-state index contributed by atoms with van der Waals surface area (Å²) in [6, 6.07) is 0. The maximum atomic E-state index is 11.3. The van der Waals surface area contributed by atoms with E-state index >= 15 is 0 Å². The first kappa shape index (κ1) is 12.4. The molecule has 1 heterocycles. The van der Waals surface area contributed by atoms with Crippen LogP contribution in [-0.2, 0) is 0 Å². The fourth-order valence-corrected chi connectivity index (χ4v) is 1.31. The van der Waals surface area contributed by atoms with Gasteiger partial charge < -0.3 is 15.4 Å². The highest BCUT2D eigenvalue weighted by molar-refractivity contribution is 14.1.